The summed E-state index contributed by atoms with van der Waals surface area (Å²) in [5.74, 6) is 1.06. The first-order valence-corrected chi connectivity index (χ1v) is 9.90. The lowest BCUT2D eigenvalue weighted by Gasteiger charge is -2.12. The van der Waals surface area contributed by atoms with Crippen molar-refractivity contribution in [1.82, 2.24) is 9.97 Å². The number of carbonyl (C=O) groups is 1. The highest BCUT2D eigenvalue weighted by Gasteiger charge is 2.15. The van der Waals surface area contributed by atoms with Crippen LogP contribution in [0.15, 0.2) is 79.0 Å². The largest absolute Gasteiger partial charge is 0.508 e. The summed E-state index contributed by atoms with van der Waals surface area (Å²) in [4.78, 5) is 21.8. The molecule has 0 bridgehead atoms. The summed E-state index contributed by atoms with van der Waals surface area (Å²) in [5, 5.41) is 21.9. The van der Waals surface area contributed by atoms with E-state index in [1.807, 2.05) is 24.3 Å². The number of anilines is 1. The van der Waals surface area contributed by atoms with E-state index in [0.717, 1.165) is 16.9 Å². The molecule has 4 aromatic rings. The highest BCUT2D eigenvalue weighted by Crippen LogP contribution is 2.29. The molecule has 160 valence electrons. The van der Waals surface area contributed by atoms with Crippen molar-refractivity contribution in [2.24, 2.45) is 0 Å². The predicted octanol–water partition coefficient (Wildman–Crippen LogP) is 4.41. The van der Waals surface area contributed by atoms with Crippen LogP contribution in [-0.2, 0) is 11.2 Å². The van der Waals surface area contributed by atoms with E-state index in [1.165, 1.54) is 12.1 Å². The van der Waals surface area contributed by atoms with Gasteiger partial charge in [0.25, 0.3) is 0 Å². The molecular weight excluding hydrogens is 406 g/mol. The lowest BCUT2D eigenvalue weighted by molar-refractivity contribution is -0.115. The van der Waals surface area contributed by atoms with Crippen LogP contribution in [0, 0.1) is 0 Å². The van der Waals surface area contributed by atoms with Gasteiger partial charge in [-0.1, -0.05) is 12.1 Å². The van der Waals surface area contributed by atoms with Crippen LogP contribution in [-0.4, -0.2) is 33.2 Å². The zero-order valence-corrected chi connectivity index (χ0v) is 17.3. The number of carbonyl (C=O) groups excluding carboxylic acids is 1. The third-order valence-corrected chi connectivity index (χ3v) is 4.86. The molecule has 0 saturated heterocycles. The van der Waals surface area contributed by atoms with Crippen molar-refractivity contribution in [3.05, 3.63) is 84.6 Å². The minimum atomic E-state index is -0.262. The van der Waals surface area contributed by atoms with Crippen LogP contribution in [0.1, 0.15) is 5.56 Å². The first kappa shape index (κ1) is 20.9. The molecule has 0 fully saturated rings. The molecule has 7 nitrogen and oxygen atoms in total. The summed E-state index contributed by atoms with van der Waals surface area (Å²) in [7, 11) is 1.60. The van der Waals surface area contributed by atoms with Crippen LogP contribution < -0.4 is 10.1 Å². The molecule has 1 amide bonds. The summed E-state index contributed by atoms with van der Waals surface area (Å²) in [6, 6.07) is 20.4. The summed E-state index contributed by atoms with van der Waals surface area (Å²) in [6.07, 6.45) is 1.72. The van der Waals surface area contributed by atoms with Crippen LogP contribution in [0.5, 0.6) is 17.2 Å². The highest BCUT2D eigenvalue weighted by molar-refractivity contribution is 5.94. The lowest BCUT2D eigenvalue weighted by atomic mass is 10.1. The van der Waals surface area contributed by atoms with Gasteiger partial charge in [-0.3, -0.25) is 4.79 Å². The van der Waals surface area contributed by atoms with Gasteiger partial charge in [0, 0.05) is 11.1 Å². The molecule has 0 unspecified atom stereocenters. The Kier molecular flexibility index (Phi) is 5.98. The van der Waals surface area contributed by atoms with Gasteiger partial charge in [0.15, 0.2) is 5.82 Å². The molecule has 0 aliphatic rings. The van der Waals surface area contributed by atoms with E-state index < -0.39 is 0 Å². The molecule has 4 rings (SSSR count). The topological polar surface area (TPSA) is 105 Å². The summed E-state index contributed by atoms with van der Waals surface area (Å²) < 4.78 is 5.21. The number of aromatic nitrogens is 2. The van der Waals surface area contributed by atoms with Crippen molar-refractivity contribution in [2.75, 3.05) is 12.4 Å². The van der Waals surface area contributed by atoms with E-state index in [9.17, 15) is 15.0 Å². The molecule has 0 aliphatic heterocycles. The van der Waals surface area contributed by atoms with Gasteiger partial charge in [0.1, 0.15) is 22.9 Å². The Hall–Kier alpha value is -4.39. The summed E-state index contributed by atoms with van der Waals surface area (Å²) in [6.45, 7) is 0. The van der Waals surface area contributed by atoms with Gasteiger partial charge in [-0.2, -0.15) is 0 Å². The number of nitrogens with one attached hydrogen (secondary N) is 1. The Bertz CT molecular complexity index is 1220. The molecular formula is C25H21N3O4. The van der Waals surface area contributed by atoms with E-state index >= 15 is 0 Å². The molecule has 3 N–H and O–H groups in total. The number of ether oxygens (including phenoxy) is 1. The fourth-order valence-corrected chi connectivity index (χ4v) is 3.18. The van der Waals surface area contributed by atoms with E-state index in [0.29, 0.717) is 22.8 Å². The standard InChI is InChI=1S/C25H21N3O4/c1-32-21-12-6-17(7-13-21)22-15-26-25(24(27-22)18-4-10-20(30)11-5-18)28-23(31)14-16-2-8-19(29)9-3-16/h2-13,15,29-30H,14H2,1H3,(H,26,28,31). The Balaban J connectivity index is 1.66. The average Bonchev–Trinajstić information content (AvgIpc) is 2.81. The number of phenols is 2. The van der Waals surface area contributed by atoms with Gasteiger partial charge in [-0.05, 0) is 66.2 Å². The monoisotopic (exact) mass is 427 g/mol. The molecule has 0 saturated carbocycles. The predicted molar refractivity (Wildman–Crippen MR) is 122 cm³/mol. The van der Waals surface area contributed by atoms with Crippen molar-refractivity contribution >= 4 is 11.7 Å². The maximum absolute atomic E-state index is 12.6. The van der Waals surface area contributed by atoms with Crippen molar-refractivity contribution in [3.63, 3.8) is 0 Å². The Morgan fingerprint density at radius 1 is 0.875 bits per heavy atom. The third-order valence-electron chi connectivity index (χ3n) is 4.86. The van der Waals surface area contributed by atoms with Crippen LogP contribution in [0.3, 0.4) is 0 Å². The molecule has 1 heterocycles. The number of benzene rings is 3. The van der Waals surface area contributed by atoms with Gasteiger partial charge >= 0.3 is 0 Å². The van der Waals surface area contributed by atoms with Gasteiger partial charge in [-0.15, -0.1) is 0 Å². The second kappa shape index (κ2) is 9.18. The van der Waals surface area contributed by atoms with E-state index in [-0.39, 0.29) is 23.8 Å². The minimum absolute atomic E-state index is 0.122. The molecule has 32 heavy (non-hydrogen) atoms. The SMILES string of the molecule is COc1ccc(-c2cnc(NC(=O)Cc3ccc(O)cc3)c(-c3ccc(O)cc3)n2)cc1. The zero-order chi connectivity index (χ0) is 22.5. The molecule has 7 heteroatoms. The van der Waals surface area contributed by atoms with E-state index in [4.69, 9.17) is 9.72 Å². The number of phenolic OH excluding ortho intramolecular Hbond substituents is 2. The molecule has 1 aromatic heterocycles. The van der Waals surface area contributed by atoms with Crippen molar-refractivity contribution in [3.8, 4) is 39.8 Å². The number of methoxy groups -OCH3 is 1. The molecule has 0 atom stereocenters. The number of amides is 1. The summed E-state index contributed by atoms with van der Waals surface area (Å²) in [5.41, 5.74) is 3.42. The minimum Gasteiger partial charge on any atom is -0.508 e. The Labute approximate surface area is 185 Å². The number of nitrogens with zero attached hydrogens (tertiary/aromatic N) is 2. The molecule has 0 radical (unpaired) electrons. The summed E-state index contributed by atoms with van der Waals surface area (Å²) >= 11 is 0. The van der Waals surface area contributed by atoms with Gasteiger partial charge < -0.3 is 20.3 Å². The third kappa shape index (κ3) is 4.84. The number of aromatic hydroxyl groups is 2. The fourth-order valence-electron chi connectivity index (χ4n) is 3.18. The molecule has 0 spiro atoms. The van der Waals surface area contributed by atoms with E-state index in [1.54, 1.807) is 49.7 Å². The van der Waals surface area contributed by atoms with Gasteiger partial charge in [-0.25, -0.2) is 9.97 Å². The first-order valence-electron chi connectivity index (χ1n) is 9.90. The van der Waals surface area contributed by atoms with E-state index in [2.05, 4.69) is 10.3 Å². The Morgan fingerprint density at radius 2 is 1.47 bits per heavy atom. The highest BCUT2D eigenvalue weighted by atomic mass is 16.5. The number of hydrogen-bond donors (Lipinski definition) is 3. The Morgan fingerprint density at radius 3 is 2.09 bits per heavy atom. The van der Waals surface area contributed by atoms with Crippen LogP contribution in [0.2, 0.25) is 0 Å². The molecule has 0 aliphatic carbocycles. The smallest absolute Gasteiger partial charge is 0.230 e. The van der Waals surface area contributed by atoms with Crippen LogP contribution in [0.25, 0.3) is 22.5 Å². The van der Waals surface area contributed by atoms with Crippen LogP contribution in [0.4, 0.5) is 5.82 Å². The maximum Gasteiger partial charge on any atom is 0.230 e. The molecule has 3 aromatic carbocycles. The van der Waals surface area contributed by atoms with Gasteiger partial charge in [0.05, 0.1) is 25.4 Å². The second-order valence-corrected chi connectivity index (χ2v) is 7.12. The fraction of sp³-hybridized carbons (Fsp3) is 0.0800. The normalized spacial score (nSPS) is 10.5. The van der Waals surface area contributed by atoms with Crippen molar-refractivity contribution in [1.29, 1.82) is 0 Å². The van der Waals surface area contributed by atoms with Crippen molar-refractivity contribution < 1.29 is 19.7 Å². The number of rotatable bonds is 6. The quantitative estimate of drug-likeness (QED) is 0.421. The zero-order valence-electron chi connectivity index (χ0n) is 17.3. The first-order chi connectivity index (χ1) is 15.5. The van der Waals surface area contributed by atoms with Crippen LogP contribution >= 0.6 is 0 Å². The number of hydrogen-bond acceptors (Lipinski definition) is 6. The van der Waals surface area contributed by atoms with Gasteiger partial charge in [0.2, 0.25) is 5.91 Å². The average molecular weight is 427 g/mol. The van der Waals surface area contributed by atoms with Crippen molar-refractivity contribution in [2.45, 2.75) is 6.42 Å². The maximum atomic E-state index is 12.6. The lowest BCUT2D eigenvalue weighted by Crippen LogP contribution is -2.16. The second-order valence-electron chi connectivity index (χ2n) is 7.12.